The van der Waals surface area contributed by atoms with Crippen molar-refractivity contribution in [3.63, 3.8) is 0 Å². The zero-order valence-electron chi connectivity index (χ0n) is 12.5. The molecule has 2 aromatic rings. The van der Waals surface area contributed by atoms with Gasteiger partial charge in [-0.1, -0.05) is 41.9 Å². The van der Waals surface area contributed by atoms with Crippen LogP contribution in [0.25, 0.3) is 0 Å². The van der Waals surface area contributed by atoms with E-state index in [0.29, 0.717) is 12.0 Å². The van der Waals surface area contributed by atoms with Crippen molar-refractivity contribution in [3.05, 3.63) is 51.8 Å². The Kier molecular flexibility index (Phi) is 5.00. The first-order valence-electron chi connectivity index (χ1n) is 6.98. The number of aryl methyl sites for hydroxylation is 1. The number of hydrogen-bond donors (Lipinski definition) is 1. The summed E-state index contributed by atoms with van der Waals surface area (Å²) in [6.45, 7) is 7.40. The fourth-order valence-electron chi connectivity index (χ4n) is 2.31. The third kappa shape index (κ3) is 3.70. The minimum atomic E-state index is 0.323. The van der Waals surface area contributed by atoms with Crippen LogP contribution >= 0.6 is 15.9 Å². The second-order valence-electron chi connectivity index (χ2n) is 5.52. The van der Waals surface area contributed by atoms with Crippen LogP contribution in [0.2, 0.25) is 0 Å². The Morgan fingerprint density at radius 3 is 2.45 bits per heavy atom. The first-order valence-corrected chi connectivity index (χ1v) is 7.78. The number of halogens is 1. The molecule has 0 aliphatic rings. The monoisotopic (exact) mass is 335 g/mol. The molecular formula is C16H22BrN3. The van der Waals surface area contributed by atoms with Gasteiger partial charge >= 0.3 is 0 Å². The molecule has 0 unspecified atom stereocenters. The Morgan fingerprint density at radius 1 is 1.20 bits per heavy atom. The van der Waals surface area contributed by atoms with E-state index in [1.807, 2.05) is 11.7 Å². The molecule has 0 saturated heterocycles. The molecule has 0 fully saturated rings. The molecule has 0 aliphatic heterocycles. The number of rotatable bonds is 5. The molecule has 0 amide bonds. The van der Waals surface area contributed by atoms with E-state index in [-0.39, 0.29) is 0 Å². The van der Waals surface area contributed by atoms with Crippen LogP contribution in [0.3, 0.4) is 0 Å². The molecule has 4 heteroatoms. The summed E-state index contributed by atoms with van der Waals surface area (Å²) >= 11 is 3.47. The minimum Gasteiger partial charge on any atom is -0.306 e. The molecule has 0 spiro atoms. The van der Waals surface area contributed by atoms with Gasteiger partial charge in [-0.15, -0.1) is 0 Å². The van der Waals surface area contributed by atoms with E-state index in [9.17, 15) is 0 Å². The molecule has 0 saturated carbocycles. The summed E-state index contributed by atoms with van der Waals surface area (Å²) in [4.78, 5) is 0. The Morgan fingerprint density at radius 2 is 1.85 bits per heavy atom. The van der Waals surface area contributed by atoms with Crippen LogP contribution < -0.4 is 5.32 Å². The normalized spacial score (nSPS) is 12.9. The van der Waals surface area contributed by atoms with Gasteiger partial charge in [-0.05, 0) is 30.5 Å². The van der Waals surface area contributed by atoms with E-state index in [1.54, 1.807) is 0 Å². The lowest BCUT2D eigenvalue weighted by Gasteiger charge is -2.15. The summed E-state index contributed by atoms with van der Waals surface area (Å²) in [6.07, 6.45) is 2.11. The van der Waals surface area contributed by atoms with Crippen LogP contribution in [0.4, 0.5) is 0 Å². The van der Waals surface area contributed by atoms with E-state index in [1.165, 1.54) is 16.8 Å². The van der Waals surface area contributed by atoms with Gasteiger partial charge in [-0.25, -0.2) is 0 Å². The van der Waals surface area contributed by atoms with Gasteiger partial charge < -0.3 is 5.32 Å². The van der Waals surface area contributed by atoms with Gasteiger partial charge in [0, 0.05) is 35.9 Å². The van der Waals surface area contributed by atoms with E-state index in [0.717, 1.165) is 11.0 Å². The second-order valence-corrected chi connectivity index (χ2v) is 6.44. The highest BCUT2D eigenvalue weighted by Crippen LogP contribution is 2.20. The summed E-state index contributed by atoms with van der Waals surface area (Å²) in [7, 11) is 1.98. The van der Waals surface area contributed by atoms with Crippen molar-refractivity contribution in [1.82, 2.24) is 15.1 Å². The van der Waals surface area contributed by atoms with Crippen molar-refractivity contribution in [2.75, 3.05) is 0 Å². The summed E-state index contributed by atoms with van der Waals surface area (Å²) in [5, 5.41) is 8.12. The van der Waals surface area contributed by atoms with Crippen LogP contribution in [-0.2, 0) is 13.6 Å². The molecule has 1 atom stereocenters. The van der Waals surface area contributed by atoms with Crippen molar-refractivity contribution in [2.45, 2.75) is 39.3 Å². The van der Waals surface area contributed by atoms with Crippen molar-refractivity contribution >= 4 is 15.9 Å². The predicted octanol–water partition coefficient (Wildman–Crippen LogP) is 4.16. The zero-order chi connectivity index (χ0) is 14.7. The van der Waals surface area contributed by atoms with Gasteiger partial charge in [0.05, 0.1) is 5.69 Å². The summed E-state index contributed by atoms with van der Waals surface area (Å²) < 4.78 is 3.01. The standard InChI is InChI=1S/C16H22BrN3/c1-11(2)16-14(10-20(4)19-16)9-18-12(3)13-5-7-15(17)8-6-13/h5-8,10-12,18H,9H2,1-4H3/t12-/m0/s1. The topological polar surface area (TPSA) is 29.9 Å². The lowest BCUT2D eigenvalue weighted by molar-refractivity contribution is 0.570. The summed E-state index contributed by atoms with van der Waals surface area (Å²) in [6, 6.07) is 8.78. The second kappa shape index (κ2) is 6.55. The molecule has 2 rings (SSSR count). The SMILES string of the molecule is CC(C)c1nn(C)cc1CN[C@@H](C)c1ccc(Br)cc1. The molecule has 1 aromatic carbocycles. The first-order chi connectivity index (χ1) is 9.47. The molecule has 1 aromatic heterocycles. The Balaban J connectivity index is 2.03. The van der Waals surface area contributed by atoms with Gasteiger partial charge in [-0.2, -0.15) is 5.10 Å². The zero-order valence-corrected chi connectivity index (χ0v) is 14.1. The molecule has 108 valence electrons. The Labute approximate surface area is 129 Å². The maximum Gasteiger partial charge on any atom is 0.0694 e. The van der Waals surface area contributed by atoms with E-state index >= 15 is 0 Å². The highest BCUT2D eigenvalue weighted by atomic mass is 79.9. The van der Waals surface area contributed by atoms with Crippen molar-refractivity contribution in [1.29, 1.82) is 0 Å². The smallest absolute Gasteiger partial charge is 0.0694 e. The van der Waals surface area contributed by atoms with E-state index in [2.05, 4.69) is 77.6 Å². The number of hydrogen-bond acceptors (Lipinski definition) is 2. The summed E-state index contributed by atoms with van der Waals surface area (Å²) in [5.41, 5.74) is 3.76. The molecular weight excluding hydrogens is 314 g/mol. The molecule has 0 aliphatic carbocycles. The van der Waals surface area contributed by atoms with Gasteiger partial charge in [-0.3, -0.25) is 4.68 Å². The minimum absolute atomic E-state index is 0.323. The molecule has 0 radical (unpaired) electrons. The molecule has 20 heavy (non-hydrogen) atoms. The van der Waals surface area contributed by atoms with Crippen molar-refractivity contribution < 1.29 is 0 Å². The Hall–Kier alpha value is -1.13. The van der Waals surface area contributed by atoms with Crippen LogP contribution in [-0.4, -0.2) is 9.78 Å². The number of nitrogens with zero attached hydrogens (tertiary/aromatic N) is 2. The number of nitrogens with one attached hydrogen (secondary N) is 1. The number of aromatic nitrogens is 2. The molecule has 0 bridgehead atoms. The average Bonchev–Trinajstić information content (AvgIpc) is 2.78. The van der Waals surface area contributed by atoms with Crippen LogP contribution in [0.1, 0.15) is 49.6 Å². The predicted molar refractivity (Wildman–Crippen MR) is 86.7 cm³/mol. The third-order valence-corrected chi connectivity index (χ3v) is 3.98. The molecule has 3 nitrogen and oxygen atoms in total. The van der Waals surface area contributed by atoms with Crippen LogP contribution in [0.5, 0.6) is 0 Å². The molecule has 1 N–H and O–H groups in total. The maximum absolute atomic E-state index is 4.54. The fourth-order valence-corrected chi connectivity index (χ4v) is 2.57. The average molecular weight is 336 g/mol. The highest BCUT2D eigenvalue weighted by Gasteiger charge is 2.12. The van der Waals surface area contributed by atoms with Crippen molar-refractivity contribution in [2.24, 2.45) is 7.05 Å². The summed E-state index contributed by atoms with van der Waals surface area (Å²) in [5.74, 6) is 0.455. The highest BCUT2D eigenvalue weighted by molar-refractivity contribution is 9.10. The fraction of sp³-hybridized carbons (Fsp3) is 0.438. The number of benzene rings is 1. The quantitative estimate of drug-likeness (QED) is 0.889. The molecule has 1 heterocycles. The lowest BCUT2D eigenvalue weighted by atomic mass is 10.1. The maximum atomic E-state index is 4.54. The van der Waals surface area contributed by atoms with Gasteiger partial charge in [0.1, 0.15) is 0 Å². The largest absolute Gasteiger partial charge is 0.306 e. The van der Waals surface area contributed by atoms with Crippen molar-refractivity contribution in [3.8, 4) is 0 Å². The first kappa shape index (κ1) is 15.3. The van der Waals surface area contributed by atoms with E-state index < -0.39 is 0 Å². The third-order valence-electron chi connectivity index (χ3n) is 3.45. The van der Waals surface area contributed by atoms with Crippen LogP contribution in [0.15, 0.2) is 34.9 Å². The van der Waals surface area contributed by atoms with Crippen LogP contribution in [0, 0.1) is 0 Å². The van der Waals surface area contributed by atoms with Gasteiger partial charge in [0.15, 0.2) is 0 Å². The Bertz CT molecular complexity index is 558. The van der Waals surface area contributed by atoms with Gasteiger partial charge in [0.2, 0.25) is 0 Å². The van der Waals surface area contributed by atoms with E-state index in [4.69, 9.17) is 0 Å². The van der Waals surface area contributed by atoms with Gasteiger partial charge in [0.25, 0.3) is 0 Å². The lowest BCUT2D eigenvalue weighted by Crippen LogP contribution is -2.18.